The maximum atomic E-state index is 13.0. The molecule has 4 aromatic carbocycles. The first-order valence-corrected chi connectivity index (χ1v) is 12.7. The number of fused-ring (bicyclic) bond motifs is 1. The smallest absolute Gasteiger partial charge is 0.342 e. The number of nitrogens with zero attached hydrogens (tertiary/aromatic N) is 2. The van der Waals surface area contributed by atoms with Gasteiger partial charge in [-0.15, -0.1) is 0 Å². The number of benzene rings is 4. The van der Waals surface area contributed by atoms with Crippen molar-refractivity contribution in [2.75, 3.05) is 0 Å². The average Bonchev–Trinajstić information content (AvgIpc) is 3.52. The molecular formula is C31H24N2O4S. The lowest BCUT2D eigenvalue weighted by Crippen LogP contribution is -2.29. The van der Waals surface area contributed by atoms with Crippen LogP contribution in [0.1, 0.15) is 32.6 Å². The third kappa shape index (κ3) is 5.16. The zero-order valence-electron chi connectivity index (χ0n) is 20.6. The van der Waals surface area contributed by atoms with Crippen molar-refractivity contribution in [3.63, 3.8) is 0 Å². The van der Waals surface area contributed by atoms with E-state index in [0.29, 0.717) is 34.2 Å². The van der Waals surface area contributed by atoms with E-state index >= 15 is 0 Å². The largest absolute Gasteiger partial charge is 0.421 e. The van der Waals surface area contributed by atoms with Gasteiger partial charge in [-0.25, -0.2) is 4.79 Å². The van der Waals surface area contributed by atoms with Gasteiger partial charge in [0.15, 0.2) is 0 Å². The van der Waals surface area contributed by atoms with Crippen molar-refractivity contribution < 1.29 is 19.4 Å². The van der Waals surface area contributed by atoms with Crippen molar-refractivity contribution in [2.45, 2.75) is 19.1 Å². The predicted octanol–water partition coefficient (Wildman–Crippen LogP) is 5.90. The zero-order valence-corrected chi connectivity index (χ0v) is 21.4. The molecule has 1 atom stereocenters. The number of rotatable bonds is 5. The van der Waals surface area contributed by atoms with Crippen LogP contribution < -0.4 is 0 Å². The quantitative estimate of drug-likeness (QED) is 0.229. The van der Waals surface area contributed by atoms with Crippen LogP contribution in [0.5, 0.6) is 0 Å². The van der Waals surface area contributed by atoms with E-state index in [1.807, 2.05) is 85.8 Å². The molecule has 0 saturated carbocycles. The Balaban J connectivity index is 0.000000316. The maximum Gasteiger partial charge on any atom is 0.342 e. The van der Waals surface area contributed by atoms with Gasteiger partial charge in [-0.2, -0.15) is 8.75 Å². The Morgan fingerprint density at radius 2 is 1.53 bits per heavy atom. The number of carbonyl (C=O) groups is 2. The molecule has 188 valence electrons. The van der Waals surface area contributed by atoms with Crippen molar-refractivity contribution >= 4 is 40.6 Å². The van der Waals surface area contributed by atoms with Crippen molar-refractivity contribution in [1.82, 2.24) is 8.75 Å². The topological polar surface area (TPSA) is 89.4 Å². The normalized spacial score (nSPS) is 16.6. The number of ether oxygens (including phenoxy) is 1. The highest BCUT2D eigenvalue weighted by Gasteiger charge is 2.48. The third-order valence-corrected chi connectivity index (χ3v) is 6.86. The molecule has 2 heterocycles. The van der Waals surface area contributed by atoms with Crippen molar-refractivity contribution in [3.8, 4) is 0 Å². The molecule has 6 rings (SSSR count). The highest BCUT2D eigenvalue weighted by molar-refractivity contribution is 7.00. The molecule has 38 heavy (non-hydrogen) atoms. The Morgan fingerprint density at radius 1 is 0.868 bits per heavy atom. The molecule has 1 unspecified atom stereocenters. The van der Waals surface area contributed by atoms with E-state index < -0.39 is 11.8 Å². The summed E-state index contributed by atoms with van der Waals surface area (Å²) in [6.45, 7) is 1.97. The fourth-order valence-corrected chi connectivity index (χ4v) is 4.84. The second-order valence-electron chi connectivity index (χ2n) is 8.91. The maximum absolute atomic E-state index is 13.0. The summed E-state index contributed by atoms with van der Waals surface area (Å²) in [6.07, 6.45) is 1.21. The summed E-state index contributed by atoms with van der Waals surface area (Å²) < 4.78 is 14.1. The molecule has 5 aromatic rings. The average molecular weight is 521 g/mol. The summed E-state index contributed by atoms with van der Waals surface area (Å²) in [5.74, 6) is -2.38. The molecule has 0 spiro atoms. The lowest BCUT2D eigenvalue weighted by atomic mass is 9.88. The third-order valence-electron chi connectivity index (χ3n) is 6.30. The molecule has 1 N–H and O–H groups in total. The molecule has 0 saturated heterocycles. The van der Waals surface area contributed by atoms with Gasteiger partial charge < -0.3 is 9.84 Å². The monoisotopic (exact) mass is 520 g/mol. The molecule has 7 heteroatoms. The number of carbonyl (C=O) groups excluding carboxylic acids is 2. The minimum Gasteiger partial charge on any atom is -0.421 e. The second-order valence-corrected chi connectivity index (χ2v) is 9.44. The number of hydrogen-bond acceptors (Lipinski definition) is 7. The van der Waals surface area contributed by atoms with Crippen LogP contribution in [0.15, 0.2) is 109 Å². The standard InChI is InChI=1S/C24H18N2O3S.C7H6O/c1-15-7-10-18(11-8-15)24(28)19(13-16-5-3-2-4-6-16)22(23(27)29-24)17-9-12-20-21(14-17)26-30-25-20;8-6-7-4-2-1-3-5-7/h2-12,14,28H,13H2,1H3;1-6H. The lowest BCUT2D eigenvalue weighted by Gasteiger charge is -2.26. The van der Waals surface area contributed by atoms with Gasteiger partial charge in [-0.1, -0.05) is 96.6 Å². The first-order valence-electron chi connectivity index (χ1n) is 12.0. The van der Waals surface area contributed by atoms with Gasteiger partial charge in [0.25, 0.3) is 5.79 Å². The van der Waals surface area contributed by atoms with Gasteiger partial charge in [0.2, 0.25) is 0 Å². The Kier molecular flexibility index (Phi) is 7.22. The number of aliphatic hydroxyl groups is 1. The van der Waals surface area contributed by atoms with E-state index in [-0.39, 0.29) is 0 Å². The molecule has 0 amide bonds. The summed E-state index contributed by atoms with van der Waals surface area (Å²) >= 11 is 1.12. The fourth-order valence-electron chi connectivity index (χ4n) is 4.32. The van der Waals surface area contributed by atoms with Crippen LogP contribution in [0.4, 0.5) is 0 Å². The van der Waals surface area contributed by atoms with Crippen molar-refractivity contribution in [2.24, 2.45) is 0 Å². The van der Waals surface area contributed by atoms with E-state index in [0.717, 1.165) is 40.2 Å². The predicted molar refractivity (Wildman–Crippen MR) is 147 cm³/mol. The highest BCUT2D eigenvalue weighted by Crippen LogP contribution is 2.44. The summed E-state index contributed by atoms with van der Waals surface area (Å²) in [7, 11) is 0. The summed E-state index contributed by atoms with van der Waals surface area (Å²) in [5.41, 5.74) is 6.33. The lowest BCUT2D eigenvalue weighted by molar-refractivity contribution is -0.185. The van der Waals surface area contributed by atoms with Gasteiger partial charge in [0.05, 0.1) is 17.3 Å². The zero-order chi connectivity index (χ0) is 26.5. The Labute approximate surface area is 224 Å². The second kappa shape index (κ2) is 10.9. The van der Waals surface area contributed by atoms with Crippen LogP contribution in [0.2, 0.25) is 0 Å². The van der Waals surface area contributed by atoms with Gasteiger partial charge in [-0.3, -0.25) is 4.79 Å². The van der Waals surface area contributed by atoms with Gasteiger partial charge >= 0.3 is 5.97 Å². The highest BCUT2D eigenvalue weighted by atomic mass is 32.1. The molecule has 1 aliphatic heterocycles. The molecule has 0 bridgehead atoms. The minimum atomic E-state index is -1.83. The van der Waals surface area contributed by atoms with E-state index in [1.165, 1.54) is 0 Å². The van der Waals surface area contributed by atoms with Crippen LogP contribution in [-0.2, 0) is 21.7 Å². The van der Waals surface area contributed by atoms with Crippen molar-refractivity contribution in [1.29, 1.82) is 0 Å². The first-order chi connectivity index (χ1) is 18.5. The molecule has 6 nitrogen and oxygen atoms in total. The Morgan fingerprint density at radius 3 is 2.18 bits per heavy atom. The number of hydrogen-bond donors (Lipinski definition) is 1. The van der Waals surface area contributed by atoms with E-state index in [9.17, 15) is 14.7 Å². The Bertz CT molecular complexity index is 1610. The molecule has 0 aliphatic carbocycles. The molecule has 1 aliphatic rings. The van der Waals surface area contributed by atoms with Crippen LogP contribution >= 0.6 is 11.7 Å². The van der Waals surface area contributed by atoms with Crippen LogP contribution in [0.3, 0.4) is 0 Å². The van der Waals surface area contributed by atoms with E-state index in [2.05, 4.69) is 8.75 Å². The summed E-state index contributed by atoms with van der Waals surface area (Å²) in [6, 6.07) is 31.7. The van der Waals surface area contributed by atoms with Gasteiger partial charge in [0, 0.05) is 23.1 Å². The number of cyclic esters (lactones) is 1. The molecule has 0 fully saturated rings. The first kappa shape index (κ1) is 25.2. The number of aromatic nitrogens is 2. The number of aldehydes is 1. The fraction of sp³-hybridized carbons (Fsp3) is 0.0968. The van der Waals surface area contributed by atoms with Gasteiger partial charge in [0.1, 0.15) is 17.3 Å². The molecular weight excluding hydrogens is 496 g/mol. The minimum absolute atomic E-state index is 0.372. The molecule has 0 radical (unpaired) electrons. The number of esters is 1. The van der Waals surface area contributed by atoms with E-state index in [1.54, 1.807) is 24.3 Å². The van der Waals surface area contributed by atoms with Crippen LogP contribution in [-0.4, -0.2) is 26.1 Å². The van der Waals surface area contributed by atoms with Crippen LogP contribution in [0.25, 0.3) is 16.6 Å². The van der Waals surface area contributed by atoms with Crippen molar-refractivity contribution in [3.05, 3.63) is 137 Å². The van der Waals surface area contributed by atoms with Gasteiger partial charge in [-0.05, 0) is 30.2 Å². The van der Waals surface area contributed by atoms with E-state index in [4.69, 9.17) is 4.74 Å². The molecule has 1 aromatic heterocycles. The summed E-state index contributed by atoms with van der Waals surface area (Å²) in [4.78, 5) is 23.0. The van der Waals surface area contributed by atoms with Crippen LogP contribution in [0, 0.1) is 6.92 Å². The summed E-state index contributed by atoms with van der Waals surface area (Å²) in [5, 5.41) is 11.6. The Hall–Kier alpha value is -4.46. The SMILES string of the molecule is Cc1ccc(C2(O)OC(=O)C(c3ccc4nsnc4c3)=C2Cc2ccccc2)cc1.O=Cc1ccccc1. The number of aryl methyl sites for hydroxylation is 1.